The van der Waals surface area contributed by atoms with Crippen LogP contribution in [0.5, 0.6) is 0 Å². The van der Waals surface area contributed by atoms with Crippen LogP contribution in [-0.4, -0.2) is 68.0 Å². The van der Waals surface area contributed by atoms with Gasteiger partial charge in [0.25, 0.3) is 0 Å². The van der Waals surface area contributed by atoms with Crippen LogP contribution in [0.15, 0.2) is 30.5 Å². The van der Waals surface area contributed by atoms with Crippen LogP contribution >= 0.6 is 0 Å². The first kappa shape index (κ1) is 158. The topological polar surface area (TPSA) is 98.6 Å². The largest absolute Gasteiger partial charge is 0.411 e. The van der Waals surface area contributed by atoms with Gasteiger partial charge in [0.05, 0.1) is 31.0 Å². The molecule has 0 aromatic carbocycles. The van der Waals surface area contributed by atoms with Crippen molar-refractivity contribution in [1.29, 1.82) is 0 Å². The van der Waals surface area contributed by atoms with Crippen LogP contribution in [0.2, 0.25) is 0 Å². The summed E-state index contributed by atoms with van der Waals surface area (Å²) in [6.07, 6.45) is 32.3. The smallest absolute Gasteiger partial charge is 0.120 e. The lowest BCUT2D eigenvalue weighted by molar-refractivity contribution is -0.107. The van der Waals surface area contributed by atoms with Crippen molar-refractivity contribution >= 4 is 12.5 Å². The molecule has 8 heteroatoms. The van der Waals surface area contributed by atoms with E-state index in [2.05, 4.69) is 51.5 Å². The summed E-state index contributed by atoms with van der Waals surface area (Å²) < 4.78 is 16.6. The molecule has 6 aliphatic rings. The molecule has 2 saturated carbocycles. The maximum atomic E-state index is 9.65. The van der Waals surface area contributed by atoms with Gasteiger partial charge < -0.3 is 29.0 Å². The van der Waals surface area contributed by atoms with Gasteiger partial charge in [-0.15, -0.1) is 18.3 Å². The highest BCUT2D eigenvalue weighted by atomic mass is 16.7. The number of carbonyl (C=O) groups is 1. The number of hydrogen-bond acceptors (Lipinski definition) is 8. The Morgan fingerprint density at radius 3 is 0.922 bits per heavy atom. The molecular weight excluding hydrogens is 1110 g/mol. The second kappa shape index (κ2) is 213. The highest BCUT2D eigenvalue weighted by Gasteiger charge is 2.32. The molecule has 4 saturated heterocycles. The number of unbranched alkanes of at least 4 members (excludes halogenated alkanes) is 4. The first-order valence-corrected chi connectivity index (χ1v) is 38.0. The average molecular weight is 1310 g/mol. The molecule has 8 unspecified atom stereocenters. The summed E-state index contributed by atoms with van der Waals surface area (Å²) in [4.78, 5) is 14.7. The molecule has 2 N–H and O–H groups in total. The quantitative estimate of drug-likeness (QED) is 0.0561. The first-order chi connectivity index (χ1) is 41.9. The number of ether oxygens (including phenoxy) is 3. The summed E-state index contributed by atoms with van der Waals surface area (Å²) in [7, 11) is 0. The van der Waals surface area contributed by atoms with Crippen LogP contribution < -0.4 is 5.48 Å². The normalized spacial score (nSPS) is 18.0. The summed E-state index contributed by atoms with van der Waals surface area (Å²) in [5.74, 6) is 2.75. The third-order valence-corrected chi connectivity index (χ3v) is 10.3. The van der Waals surface area contributed by atoms with Gasteiger partial charge in [0.2, 0.25) is 0 Å². The number of aldehydes is 1. The summed E-state index contributed by atoms with van der Waals surface area (Å²) in [5, 5.41) is 10.8. The number of oxime groups is 1. The van der Waals surface area contributed by atoms with Crippen LogP contribution in [0.1, 0.15) is 442 Å². The van der Waals surface area contributed by atoms with Gasteiger partial charge in [0.1, 0.15) is 6.29 Å². The molecule has 0 bridgehead atoms. The Balaban J connectivity index is -0.0000000256. The second-order valence-corrected chi connectivity index (χ2v) is 14.4. The summed E-state index contributed by atoms with van der Waals surface area (Å²) >= 11 is 0. The van der Waals surface area contributed by atoms with E-state index < -0.39 is 0 Å². The van der Waals surface area contributed by atoms with Gasteiger partial charge in [-0.3, -0.25) is 0 Å². The molecule has 578 valence electrons. The number of rotatable bonds is 10. The molecule has 0 spiro atoms. The molecule has 4 aliphatic heterocycles. The molecule has 8 nitrogen and oxygen atoms in total. The SMILES string of the molecule is C.C.C.C.C.C1CC2COCC2C1.C1CC2CONC2C1.C=CCCCC=NO.C=CCCCC=O.CC.CC.CC.CC.CC.CC.CC.CC.CC.CC.CC.CC.CC.CC.CC.CC.CC.CC.CCC1CCCC(C)O1.CCC1CCCC(C)O1. The standard InChI is InChI=1S/2C8H16O.C7H12O.2C6H11NO.C6H10O.18C2H6.5CH4/c2*1-3-8-6-4-5-7(2)9-8;1-2-6-4-8-5-7(6)3-1;1-2-5-4-8-7-6(5)3-1;1-2-3-4-5-6-7-8;1-2-3-4-5-6-7;18*1-2;;;;;/h2*7-8H,3-6H2,1-2H3;6-7H,1-5H2;5-7H,1-4H2;2,6,8H,1,3-5H2;2,6H,1,3-5H2;18*1-2H3;5*1H4. The van der Waals surface area contributed by atoms with Crippen molar-refractivity contribution in [1.82, 2.24) is 5.48 Å². The fourth-order valence-corrected chi connectivity index (χ4v) is 7.13. The lowest BCUT2D eigenvalue weighted by atomic mass is 10.0. The predicted molar refractivity (Wildman–Crippen MR) is 441 cm³/mol. The number of allylic oxidation sites excluding steroid dienone is 2. The van der Waals surface area contributed by atoms with Crippen molar-refractivity contribution in [3.8, 4) is 0 Å². The van der Waals surface area contributed by atoms with Gasteiger partial charge in [-0.1, -0.05) is 325 Å². The third-order valence-electron chi connectivity index (χ3n) is 10.3. The van der Waals surface area contributed by atoms with E-state index >= 15 is 0 Å². The Labute approximate surface area is 585 Å². The number of nitrogens with one attached hydrogen (secondary N) is 1. The molecule has 4 heterocycles. The van der Waals surface area contributed by atoms with Gasteiger partial charge >= 0.3 is 0 Å². The van der Waals surface area contributed by atoms with Gasteiger partial charge in [-0.25, -0.2) is 0 Å². The maximum absolute atomic E-state index is 9.65. The number of hydroxylamine groups is 1. The van der Waals surface area contributed by atoms with Crippen molar-refractivity contribution in [2.24, 2.45) is 22.9 Å². The molecule has 0 radical (unpaired) electrons. The van der Waals surface area contributed by atoms with E-state index in [4.69, 9.17) is 24.3 Å². The van der Waals surface area contributed by atoms with E-state index in [1.54, 1.807) is 0 Å². The molecule has 0 aromatic heterocycles. The zero-order chi connectivity index (χ0) is 72.0. The molecule has 6 fully saturated rings. The highest BCUT2D eigenvalue weighted by molar-refractivity contribution is 5.55. The summed E-state index contributed by atoms with van der Waals surface area (Å²) in [5.41, 5.74) is 3.02. The Morgan fingerprint density at radius 2 is 0.678 bits per heavy atom. The predicted octanol–water partition coefficient (Wildman–Crippen LogP) is 31.8. The molecule has 0 amide bonds. The monoisotopic (exact) mass is 1310 g/mol. The average Bonchev–Trinajstić information content (AvgIpc) is 4.49. The van der Waals surface area contributed by atoms with Crippen LogP contribution in [0.25, 0.3) is 0 Å². The molecule has 2 aliphatic carbocycles. The van der Waals surface area contributed by atoms with Crippen molar-refractivity contribution in [3.05, 3.63) is 25.3 Å². The number of nitrogens with zero attached hydrogens (tertiary/aromatic N) is 1. The lowest BCUT2D eigenvalue weighted by Gasteiger charge is -2.26. The second-order valence-electron chi connectivity index (χ2n) is 14.4. The van der Waals surface area contributed by atoms with E-state index in [9.17, 15) is 4.79 Å². The molecular formula is C82H204N2O6. The van der Waals surface area contributed by atoms with Gasteiger partial charge in [0.15, 0.2) is 0 Å². The molecule has 6 rings (SSSR count). The number of fused-ring (bicyclic) bond motifs is 2. The number of carbonyl (C=O) groups excluding carboxylic acids is 1. The highest BCUT2D eigenvalue weighted by Crippen LogP contribution is 2.36. The van der Waals surface area contributed by atoms with Crippen LogP contribution in [0.4, 0.5) is 0 Å². The van der Waals surface area contributed by atoms with E-state index in [1.165, 1.54) is 96.1 Å². The van der Waals surface area contributed by atoms with Crippen LogP contribution in [0.3, 0.4) is 0 Å². The van der Waals surface area contributed by atoms with Crippen LogP contribution in [0, 0.1) is 17.8 Å². The minimum atomic E-state index is 0. The zero-order valence-corrected chi connectivity index (χ0v) is 68.0. The maximum Gasteiger partial charge on any atom is 0.120 e. The summed E-state index contributed by atoms with van der Waals surface area (Å²) in [6.45, 7) is 90.9. The van der Waals surface area contributed by atoms with E-state index in [-0.39, 0.29) is 37.1 Å². The Hall–Kier alpha value is -1.58. The third kappa shape index (κ3) is 157. The van der Waals surface area contributed by atoms with E-state index in [0.29, 0.717) is 36.9 Å². The number of hydrogen-bond donors (Lipinski definition) is 2. The first-order valence-electron chi connectivity index (χ1n) is 38.0. The van der Waals surface area contributed by atoms with Gasteiger partial charge in [-0.2, -0.15) is 5.48 Å². The fourth-order valence-electron chi connectivity index (χ4n) is 7.13. The van der Waals surface area contributed by atoms with Gasteiger partial charge in [-0.05, 0) is 135 Å². The van der Waals surface area contributed by atoms with Crippen molar-refractivity contribution in [2.45, 2.75) is 473 Å². The summed E-state index contributed by atoms with van der Waals surface area (Å²) in [6, 6.07) is 0.704. The molecule has 90 heavy (non-hydrogen) atoms. The fraction of sp³-hybridized carbons (Fsp3) is 0.927. The zero-order valence-electron chi connectivity index (χ0n) is 68.0. The minimum absolute atomic E-state index is 0. The van der Waals surface area contributed by atoms with Crippen LogP contribution in [-0.2, 0) is 23.8 Å². The Kier molecular flexibility index (Phi) is 373. The van der Waals surface area contributed by atoms with Crippen molar-refractivity contribution in [3.63, 3.8) is 0 Å². The van der Waals surface area contributed by atoms with E-state index in [1.807, 2.05) is 261 Å². The van der Waals surface area contributed by atoms with E-state index in [0.717, 1.165) is 76.0 Å². The molecule has 0 aromatic rings. The van der Waals surface area contributed by atoms with Crippen molar-refractivity contribution in [2.75, 3.05) is 19.8 Å². The van der Waals surface area contributed by atoms with Gasteiger partial charge in [0, 0.05) is 37.8 Å². The molecule has 8 atom stereocenters. The van der Waals surface area contributed by atoms with Crippen molar-refractivity contribution < 1.29 is 29.0 Å². The Morgan fingerprint density at radius 1 is 0.400 bits per heavy atom. The lowest BCUT2D eigenvalue weighted by Crippen LogP contribution is -2.24. The minimum Gasteiger partial charge on any atom is -0.411 e. The Bertz CT molecular complexity index is 739.